The van der Waals surface area contributed by atoms with Gasteiger partial charge in [0.05, 0.1) is 32.0 Å². The molecule has 0 saturated carbocycles. The maximum Gasteiger partial charge on any atom is 0.0726 e. The van der Waals surface area contributed by atoms with E-state index in [1.807, 2.05) is 0 Å². The van der Waals surface area contributed by atoms with E-state index in [0.717, 1.165) is 33.0 Å². The van der Waals surface area contributed by atoms with Crippen molar-refractivity contribution in [2.45, 2.75) is 12.5 Å². The molecule has 2 aliphatic rings. The third kappa shape index (κ3) is 1.08. The van der Waals surface area contributed by atoms with Crippen LogP contribution in [0.2, 0.25) is 0 Å². The summed E-state index contributed by atoms with van der Waals surface area (Å²) in [5.41, 5.74) is 0.161. The molecule has 0 spiro atoms. The summed E-state index contributed by atoms with van der Waals surface area (Å²) in [5, 5.41) is 3.47. The van der Waals surface area contributed by atoms with Crippen LogP contribution in [0.1, 0.15) is 6.92 Å². The summed E-state index contributed by atoms with van der Waals surface area (Å²) in [6.45, 7) is 6.52. The third-order valence-electron chi connectivity index (χ3n) is 2.67. The molecule has 0 bridgehead atoms. The molecule has 0 aliphatic carbocycles. The molecule has 0 aromatic heterocycles. The SMILES string of the molecule is CCNC12COCC1COC2. The van der Waals surface area contributed by atoms with Crippen LogP contribution in [0.5, 0.6) is 0 Å². The Morgan fingerprint density at radius 2 is 2.00 bits per heavy atom. The molecule has 0 atom stereocenters. The zero-order valence-electron chi connectivity index (χ0n) is 6.93. The number of rotatable bonds is 2. The average Bonchev–Trinajstić information content (AvgIpc) is 2.45. The maximum absolute atomic E-state index is 5.42. The lowest BCUT2D eigenvalue weighted by Crippen LogP contribution is -2.51. The summed E-state index contributed by atoms with van der Waals surface area (Å²) >= 11 is 0. The van der Waals surface area contributed by atoms with Gasteiger partial charge in [0, 0.05) is 5.92 Å². The summed E-state index contributed by atoms with van der Waals surface area (Å²) in [6.07, 6.45) is 0. The van der Waals surface area contributed by atoms with Crippen molar-refractivity contribution in [2.24, 2.45) is 5.92 Å². The van der Waals surface area contributed by atoms with Crippen LogP contribution < -0.4 is 5.32 Å². The average molecular weight is 157 g/mol. The van der Waals surface area contributed by atoms with Gasteiger partial charge in [-0.05, 0) is 6.54 Å². The molecule has 2 heterocycles. The van der Waals surface area contributed by atoms with Gasteiger partial charge in [0.15, 0.2) is 0 Å². The molecule has 2 saturated heterocycles. The lowest BCUT2D eigenvalue weighted by atomic mass is 9.91. The van der Waals surface area contributed by atoms with Gasteiger partial charge in [-0.1, -0.05) is 6.92 Å². The van der Waals surface area contributed by atoms with Crippen LogP contribution in [-0.4, -0.2) is 38.5 Å². The van der Waals surface area contributed by atoms with Crippen molar-refractivity contribution in [3.05, 3.63) is 0 Å². The van der Waals surface area contributed by atoms with Crippen molar-refractivity contribution in [1.29, 1.82) is 0 Å². The Morgan fingerprint density at radius 1 is 1.36 bits per heavy atom. The summed E-state index contributed by atoms with van der Waals surface area (Å²) in [4.78, 5) is 0. The molecule has 0 aromatic rings. The first kappa shape index (κ1) is 7.53. The zero-order valence-corrected chi connectivity index (χ0v) is 6.93. The van der Waals surface area contributed by atoms with Crippen molar-refractivity contribution >= 4 is 0 Å². The smallest absolute Gasteiger partial charge is 0.0726 e. The second kappa shape index (κ2) is 2.73. The lowest BCUT2D eigenvalue weighted by molar-refractivity contribution is 0.0949. The Bertz CT molecular complexity index is 139. The van der Waals surface area contributed by atoms with Crippen molar-refractivity contribution in [2.75, 3.05) is 33.0 Å². The molecule has 1 N–H and O–H groups in total. The predicted molar refractivity (Wildman–Crippen MR) is 41.5 cm³/mol. The molecule has 2 aliphatic heterocycles. The van der Waals surface area contributed by atoms with Crippen LogP contribution in [-0.2, 0) is 9.47 Å². The fourth-order valence-electron chi connectivity index (χ4n) is 2.01. The number of hydrogen-bond donors (Lipinski definition) is 1. The highest BCUT2D eigenvalue weighted by molar-refractivity contribution is 5.01. The monoisotopic (exact) mass is 157 g/mol. The normalized spacial score (nSPS) is 42.8. The van der Waals surface area contributed by atoms with Crippen molar-refractivity contribution in [3.63, 3.8) is 0 Å². The van der Waals surface area contributed by atoms with E-state index in [4.69, 9.17) is 9.47 Å². The number of hydrogen-bond acceptors (Lipinski definition) is 3. The molecule has 0 unspecified atom stereocenters. The van der Waals surface area contributed by atoms with Crippen molar-refractivity contribution in [3.8, 4) is 0 Å². The van der Waals surface area contributed by atoms with Gasteiger partial charge in [0.1, 0.15) is 0 Å². The van der Waals surface area contributed by atoms with Gasteiger partial charge in [-0.3, -0.25) is 0 Å². The molecule has 0 aromatic carbocycles. The molecular weight excluding hydrogens is 142 g/mol. The van der Waals surface area contributed by atoms with Gasteiger partial charge in [-0.25, -0.2) is 0 Å². The molecule has 3 nitrogen and oxygen atoms in total. The highest BCUT2D eigenvalue weighted by Crippen LogP contribution is 2.31. The molecule has 11 heavy (non-hydrogen) atoms. The molecule has 3 heteroatoms. The van der Waals surface area contributed by atoms with Gasteiger partial charge in [-0.2, -0.15) is 0 Å². The first-order valence-corrected chi connectivity index (χ1v) is 4.28. The molecule has 64 valence electrons. The van der Waals surface area contributed by atoms with Gasteiger partial charge in [0.2, 0.25) is 0 Å². The van der Waals surface area contributed by atoms with Crippen LogP contribution in [0.4, 0.5) is 0 Å². The van der Waals surface area contributed by atoms with E-state index >= 15 is 0 Å². The zero-order chi connectivity index (χ0) is 7.73. The van der Waals surface area contributed by atoms with Gasteiger partial charge in [0.25, 0.3) is 0 Å². The summed E-state index contributed by atoms with van der Waals surface area (Å²) in [6, 6.07) is 0. The molecule has 2 rings (SSSR count). The van der Waals surface area contributed by atoms with E-state index < -0.39 is 0 Å². The summed E-state index contributed by atoms with van der Waals surface area (Å²) in [5.74, 6) is 0.586. The molecule has 0 radical (unpaired) electrons. The minimum atomic E-state index is 0.161. The van der Waals surface area contributed by atoms with Crippen LogP contribution in [0.15, 0.2) is 0 Å². The number of fused-ring (bicyclic) bond motifs is 1. The van der Waals surface area contributed by atoms with E-state index in [0.29, 0.717) is 5.92 Å². The van der Waals surface area contributed by atoms with Crippen LogP contribution in [0, 0.1) is 5.92 Å². The first-order valence-electron chi connectivity index (χ1n) is 4.28. The van der Waals surface area contributed by atoms with Crippen LogP contribution in [0.25, 0.3) is 0 Å². The molecule has 0 amide bonds. The Hall–Kier alpha value is -0.120. The second-order valence-corrected chi connectivity index (χ2v) is 3.41. The van der Waals surface area contributed by atoms with Gasteiger partial charge in [-0.15, -0.1) is 0 Å². The van der Waals surface area contributed by atoms with Crippen molar-refractivity contribution < 1.29 is 9.47 Å². The van der Waals surface area contributed by atoms with Gasteiger partial charge < -0.3 is 14.8 Å². The van der Waals surface area contributed by atoms with E-state index in [9.17, 15) is 0 Å². The van der Waals surface area contributed by atoms with E-state index in [1.54, 1.807) is 0 Å². The second-order valence-electron chi connectivity index (χ2n) is 3.41. The molecular formula is C8H15NO2. The Kier molecular flexibility index (Phi) is 1.87. The number of nitrogens with one attached hydrogen (secondary N) is 1. The summed E-state index contributed by atoms with van der Waals surface area (Å²) < 4.78 is 10.8. The largest absolute Gasteiger partial charge is 0.379 e. The highest BCUT2D eigenvalue weighted by Gasteiger charge is 2.47. The predicted octanol–water partition coefficient (Wildman–Crippen LogP) is 0.0113. The lowest BCUT2D eigenvalue weighted by Gasteiger charge is -2.25. The quantitative estimate of drug-likeness (QED) is 0.612. The van der Waals surface area contributed by atoms with Crippen LogP contribution >= 0.6 is 0 Å². The minimum absolute atomic E-state index is 0.161. The minimum Gasteiger partial charge on any atom is -0.379 e. The highest BCUT2D eigenvalue weighted by atomic mass is 16.5. The fraction of sp³-hybridized carbons (Fsp3) is 1.00. The Morgan fingerprint density at radius 3 is 2.55 bits per heavy atom. The summed E-state index contributed by atoms with van der Waals surface area (Å²) in [7, 11) is 0. The number of ether oxygens (including phenoxy) is 2. The first-order chi connectivity index (χ1) is 5.37. The van der Waals surface area contributed by atoms with E-state index in [2.05, 4.69) is 12.2 Å². The van der Waals surface area contributed by atoms with Crippen molar-refractivity contribution in [1.82, 2.24) is 5.32 Å². The van der Waals surface area contributed by atoms with Gasteiger partial charge >= 0.3 is 0 Å². The topological polar surface area (TPSA) is 30.5 Å². The standard InChI is InChI=1S/C8H15NO2/c1-2-9-8-5-10-3-7(8)4-11-6-8/h7,9H,2-6H2,1H3. The fourth-order valence-corrected chi connectivity index (χ4v) is 2.01. The maximum atomic E-state index is 5.42. The van der Waals surface area contributed by atoms with Crippen LogP contribution in [0.3, 0.4) is 0 Å². The molecule has 2 fully saturated rings. The number of likely N-dealkylation sites (N-methyl/N-ethyl adjacent to an activating group) is 1. The van der Waals surface area contributed by atoms with E-state index in [-0.39, 0.29) is 5.54 Å². The Balaban J connectivity index is 2.07. The Labute approximate surface area is 67.1 Å². The van der Waals surface area contributed by atoms with E-state index in [1.165, 1.54) is 0 Å². The third-order valence-corrected chi connectivity index (χ3v) is 2.67.